The SMILES string of the molecule is CCNC(CCCOCC)Cc1c(F)cccc1F. The van der Waals surface area contributed by atoms with Gasteiger partial charge in [-0.05, 0) is 44.9 Å². The maximum absolute atomic E-state index is 13.6. The predicted octanol–water partition coefficient (Wildman–Crippen LogP) is 3.30. The second kappa shape index (κ2) is 8.99. The number of ether oxygens (including phenoxy) is 1. The molecule has 0 aliphatic rings. The van der Waals surface area contributed by atoms with E-state index in [4.69, 9.17) is 4.74 Å². The van der Waals surface area contributed by atoms with Gasteiger partial charge in [0.05, 0.1) is 0 Å². The Morgan fingerprint density at radius 3 is 2.47 bits per heavy atom. The largest absolute Gasteiger partial charge is 0.382 e. The number of rotatable bonds is 9. The summed E-state index contributed by atoms with van der Waals surface area (Å²) in [4.78, 5) is 0. The molecule has 0 heterocycles. The summed E-state index contributed by atoms with van der Waals surface area (Å²) in [6.07, 6.45) is 2.11. The maximum Gasteiger partial charge on any atom is 0.129 e. The first-order valence-electron chi connectivity index (χ1n) is 6.93. The molecule has 0 aromatic heterocycles. The molecule has 0 fully saturated rings. The van der Waals surface area contributed by atoms with E-state index in [1.54, 1.807) is 0 Å². The Labute approximate surface area is 114 Å². The minimum Gasteiger partial charge on any atom is -0.382 e. The first kappa shape index (κ1) is 16.1. The van der Waals surface area contributed by atoms with Crippen LogP contribution in [0.15, 0.2) is 18.2 Å². The zero-order valence-electron chi connectivity index (χ0n) is 11.7. The Balaban J connectivity index is 2.57. The van der Waals surface area contributed by atoms with Crippen LogP contribution in [0, 0.1) is 11.6 Å². The van der Waals surface area contributed by atoms with Gasteiger partial charge in [-0.25, -0.2) is 8.78 Å². The number of halogens is 2. The third-order valence-corrected chi connectivity index (χ3v) is 3.05. The number of likely N-dealkylation sites (N-methyl/N-ethyl adjacent to an activating group) is 1. The molecule has 4 heteroatoms. The molecule has 0 saturated carbocycles. The molecule has 1 aromatic carbocycles. The van der Waals surface area contributed by atoms with E-state index >= 15 is 0 Å². The van der Waals surface area contributed by atoms with Gasteiger partial charge in [-0.2, -0.15) is 0 Å². The minimum atomic E-state index is -0.465. The molecule has 1 atom stereocenters. The van der Waals surface area contributed by atoms with Crippen LogP contribution in [-0.4, -0.2) is 25.8 Å². The van der Waals surface area contributed by atoms with Crippen molar-refractivity contribution >= 4 is 0 Å². The lowest BCUT2D eigenvalue weighted by Crippen LogP contribution is -2.32. The summed E-state index contributed by atoms with van der Waals surface area (Å²) >= 11 is 0. The van der Waals surface area contributed by atoms with Crippen LogP contribution < -0.4 is 5.32 Å². The minimum absolute atomic E-state index is 0.0804. The van der Waals surface area contributed by atoms with Crippen LogP contribution in [0.1, 0.15) is 32.3 Å². The maximum atomic E-state index is 13.6. The summed E-state index contributed by atoms with van der Waals surface area (Å²) in [6.45, 7) is 6.13. The zero-order valence-corrected chi connectivity index (χ0v) is 11.7. The van der Waals surface area contributed by atoms with Crippen molar-refractivity contribution in [1.29, 1.82) is 0 Å². The molecule has 0 amide bonds. The van der Waals surface area contributed by atoms with Crippen LogP contribution >= 0.6 is 0 Å². The molecular formula is C15H23F2NO. The van der Waals surface area contributed by atoms with Crippen molar-refractivity contribution in [3.8, 4) is 0 Å². The van der Waals surface area contributed by atoms with Crippen LogP contribution in [0.25, 0.3) is 0 Å². The van der Waals surface area contributed by atoms with Gasteiger partial charge >= 0.3 is 0 Å². The summed E-state index contributed by atoms with van der Waals surface area (Å²) < 4.78 is 32.5. The second-order valence-corrected chi connectivity index (χ2v) is 4.50. The molecule has 108 valence electrons. The van der Waals surface area contributed by atoms with E-state index in [0.29, 0.717) is 19.6 Å². The fourth-order valence-corrected chi connectivity index (χ4v) is 2.11. The Kier molecular flexibility index (Phi) is 7.60. The van der Waals surface area contributed by atoms with E-state index in [0.717, 1.165) is 19.4 Å². The van der Waals surface area contributed by atoms with Crippen molar-refractivity contribution in [2.24, 2.45) is 0 Å². The van der Waals surface area contributed by atoms with Crippen LogP contribution in [0.5, 0.6) is 0 Å². The van der Waals surface area contributed by atoms with Gasteiger partial charge in [-0.15, -0.1) is 0 Å². The van der Waals surface area contributed by atoms with Crippen LogP contribution in [0.4, 0.5) is 8.78 Å². The highest BCUT2D eigenvalue weighted by Crippen LogP contribution is 2.16. The molecule has 19 heavy (non-hydrogen) atoms. The van der Waals surface area contributed by atoms with Crippen molar-refractivity contribution in [3.05, 3.63) is 35.4 Å². The van der Waals surface area contributed by atoms with Gasteiger partial charge in [-0.3, -0.25) is 0 Å². The Morgan fingerprint density at radius 1 is 1.21 bits per heavy atom. The van der Waals surface area contributed by atoms with Gasteiger partial charge in [-0.1, -0.05) is 13.0 Å². The highest BCUT2D eigenvalue weighted by Gasteiger charge is 2.14. The molecule has 1 aromatic rings. The van der Waals surface area contributed by atoms with Gasteiger partial charge in [0.15, 0.2) is 0 Å². The molecule has 0 aliphatic carbocycles. The van der Waals surface area contributed by atoms with E-state index in [-0.39, 0.29) is 11.6 Å². The molecule has 0 radical (unpaired) electrons. The van der Waals surface area contributed by atoms with Crippen LogP contribution in [0.2, 0.25) is 0 Å². The van der Waals surface area contributed by atoms with Gasteiger partial charge in [0.25, 0.3) is 0 Å². The summed E-state index contributed by atoms with van der Waals surface area (Å²) in [7, 11) is 0. The van der Waals surface area contributed by atoms with Gasteiger partial charge < -0.3 is 10.1 Å². The average Bonchev–Trinajstić information content (AvgIpc) is 2.39. The lowest BCUT2D eigenvalue weighted by atomic mass is 10.0. The number of nitrogens with one attached hydrogen (secondary N) is 1. The van der Waals surface area contributed by atoms with Gasteiger partial charge in [0.2, 0.25) is 0 Å². The smallest absolute Gasteiger partial charge is 0.129 e. The lowest BCUT2D eigenvalue weighted by Gasteiger charge is -2.18. The van der Waals surface area contributed by atoms with Crippen molar-refractivity contribution < 1.29 is 13.5 Å². The van der Waals surface area contributed by atoms with Crippen molar-refractivity contribution in [3.63, 3.8) is 0 Å². The zero-order chi connectivity index (χ0) is 14.1. The average molecular weight is 271 g/mol. The van der Waals surface area contributed by atoms with Crippen LogP contribution in [-0.2, 0) is 11.2 Å². The Bertz CT molecular complexity index is 351. The van der Waals surface area contributed by atoms with E-state index in [9.17, 15) is 8.78 Å². The Hall–Kier alpha value is -1.00. The second-order valence-electron chi connectivity index (χ2n) is 4.50. The first-order valence-corrected chi connectivity index (χ1v) is 6.93. The molecular weight excluding hydrogens is 248 g/mol. The number of hydrogen-bond donors (Lipinski definition) is 1. The van der Waals surface area contributed by atoms with Gasteiger partial charge in [0, 0.05) is 24.8 Å². The third kappa shape index (κ3) is 5.66. The first-order chi connectivity index (χ1) is 9.19. The van der Waals surface area contributed by atoms with Crippen LogP contribution in [0.3, 0.4) is 0 Å². The van der Waals surface area contributed by atoms with E-state index in [1.807, 2.05) is 13.8 Å². The number of hydrogen-bond acceptors (Lipinski definition) is 2. The molecule has 2 nitrogen and oxygen atoms in total. The third-order valence-electron chi connectivity index (χ3n) is 3.05. The standard InChI is InChI=1S/C15H23F2NO/c1-3-18-12(7-6-10-19-4-2)11-13-14(16)8-5-9-15(13)17/h5,8-9,12,18H,3-4,6-7,10-11H2,1-2H3. The van der Waals surface area contributed by atoms with Crippen molar-refractivity contribution in [2.75, 3.05) is 19.8 Å². The fraction of sp³-hybridized carbons (Fsp3) is 0.600. The molecule has 0 aliphatic heterocycles. The highest BCUT2D eigenvalue weighted by atomic mass is 19.1. The molecule has 1 rings (SSSR count). The summed E-state index contributed by atoms with van der Waals surface area (Å²) in [5, 5.41) is 3.27. The van der Waals surface area contributed by atoms with E-state index < -0.39 is 11.6 Å². The fourth-order valence-electron chi connectivity index (χ4n) is 2.11. The Morgan fingerprint density at radius 2 is 1.89 bits per heavy atom. The number of benzene rings is 1. The lowest BCUT2D eigenvalue weighted by molar-refractivity contribution is 0.140. The summed E-state index contributed by atoms with van der Waals surface area (Å²) in [5.41, 5.74) is 0.171. The van der Waals surface area contributed by atoms with Gasteiger partial charge in [0.1, 0.15) is 11.6 Å². The highest BCUT2D eigenvalue weighted by molar-refractivity contribution is 5.20. The summed E-state index contributed by atoms with van der Waals surface area (Å²) in [6, 6.07) is 4.09. The topological polar surface area (TPSA) is 21.3 Å². The van der Waals surface area contributed by atoms with E-state index in [1.165, 1.54) is 18.2 Å². The van der Waals surface area contributed by atoms with E-state index in [2.05, 4.69) is 5.32 Å². The molecule has 1 unspecified atom stereocenters. The molecule has 0 spiro atoms. The molecule has 1 N–H and O–H groups in total. The molecule has 0 bridgehead atoms. The summed E-state index contributed by atoms with van der Waals surface area (Å²) in [5.74, 6) is -0.930. The van der Waals surface area contributed by atoms with Crippen molar-refractivity contribution in [1.82, 2.24) is 5.32 Å². The normalized spacial score (nSPS) is 12.6. The molecule has 0 saturated heterocycles. The quantitative estimate of drug-likeness (QED) is 0.696. The van der Waals surface area contributed by atoms with Crippen molar-refractivity contribution in [2.45, 2.75) is 39.2 Å². The predicted molar refractivity (Wildman–Crippen MR) is 73.3 cm³/mol. The monoisotopic (exact) mass is 271 g/mol.